The summed E-state index contributed by atoms with van der Waals surface area (Å²) in [5, 5.41) is 16.4. The number of guanidine groups is 1. The third kappa shape index (κ3) is 4.47. The molecule has 1 aromatic carbocycles. The zero-order valence-corrected chi connectivity index (χ0v) is 14.3. The van der Waals surface area contributed by atoms with Gasteiger partial charge in [-0.2, -0.15) is 0 Å². The van der Waals surface area contributed by atoms with E-state index in [9.17, 15) is 5.11 Å². The third-order valence-electron chi connectivity index (χ3n) is 4.44. The van der Waals surface area contributed by atoms with E-state index in [4.69, 9.17) is 0 Å². The molecule has 1 aromatic heterocycles. The van der Waals surface area contributed by atoms with Gasteiger partial charge in [0.25, 0.3) is 0 Å². The number of para-hydroxylation sites is 2. The molecule has 24 heavy (non-hydrogen) atoms. The van der Waals surface area contributed by atoms with Crippen molar-refractivity contribution in [2.45, 2.75) is 51.2 Å². The van der Waals surface area contributed by atoms with Gasteiger partial charge in [0.1, 0.15) is 5.82 Å². The van der Waals surface area contributed by atoms with Gasteiger partial charge >= 0.3 is 0 Å². The van der Waals surface area contributed by atoms with Crippen molar-refractivity contribution in [3.63, 3.8) is 0 Å². The first-order valence-electron chi connectivity index (χ1n) is 8.91. The summed E-state index contributed by atoms with van der Waals surface area (Å²) >= 11 is 0. The van der Waals surface area contributed by atoms with E-state index in [0.29, 0.717) is 12.6 Å². The molecule has 3 rings (SSSR count). The molecule has 0 amide bonds. The lowest BCUT2D eigenvalue weighted by Gasteiger charge is -2.27. The SMILES string of the molecule is CCNC(=NCCc1nc2ccccc2[nH]1)NC1CCC(O)CC1. The molecule has 0 radical (unpaired) electrons. The van der Waals surface area contributed by atoms with Gasteiger partial charge in [-0.25, -0.2) is 4.98 Å². The number of aromatic nitrogens is 2. The fourth-order valence-electron chi connectivity index (χ4n) is 3.13. The van der Waals surface area contributed by atoms with E-state index in [0.717, 1.165) is 61.5 Å². The number of aliphatic hydroxyl groups excluding tert-OH is 1. The highest BCUT2D eigenvalue weighted by molar-refractivity contribution is 5.80. The summed E-state index contributed by atoms with van der Waals surface area (Å²) in [6.07, 6.45) is 4.39. The number of nitrogens with one attached hydrogen (secondary N) is 3. The maximum Gasteiger partial charge on any atom is 0.191 e. The molecule has 0 saturated heterocycles. The second-order valence-corrected chi connectivity index (χ2v) is 6.36. The molecule has 1 heterocycles. The number of aliphatic hydroxyl groups is 1. The zero-order chi connectivity index (χ0) is 16.8. The van der Waals surface area contributed by atoms with Crippen LogP contribution in [0.1, 0.15) is 38.4 Å². The van der Waals surface area contributed by atoms with Gasteiger partial charge in [0.2, 0.25) is 0 Å². The Balaban J connectivity index is 1.55. The van der Waals surface area contributed by atoms with Gasteiger partial charge in [-0.3, -0.25) is 4.99 Å². The third-order valence-corrected chi connectivity index (χ3v) is 4.44. The number of hydrogen-bond acceptors (Lipinski definition) is 3. The lowest BCUT2D eigenvalue weighted by Crippen LogP contribution is -2.45. The molecule has 130 valence electrons. The summed E-state index contributed by atoms with van der Waals surface area (Å²) in [6.45, 7) is 3.59. The number of benzene rings is 1. The van der Waals surface area contributed by atoms with Gasteiger partial charge in [0, 0.05) is 25.6 Å². The van der Waals surface area contributed by atoms with Gasteiger partial charge in [-0.1, -0.05) is 12.1 Å². The van der Waals surface area contributed by atoms with Crippen LogP contribution in [0.2, 0.25) is 0 Å². The van der Waals surface area contributed by atoms with Gasteiger partial charge in [-0.05, 0) is 44.7 Å². The minimum Gasteiger partial charge on any atom is -0.393 e. The Kier molecular flexibility index (Phi) is 5.69. The smallest absolute Gasteiger partial charge is 0.191 e. The van der Waals surface area contributed by atoms with Crippen molar-refractivity contribution >= 4 is 17.0 Å². The Labute approximate surface area is 142 Å². The first kappa shape index (κ1) is 16.8. The van der Waals surface area contributed by atoms with E-state index < -0.39 is 0 Å². The number of aliphatic imine (C=N–C) groups is 1. The molecule has 0 atom stereocenters. The lowest BCUT2D eigenvalue weighted by molar-refractivity contribution is 0.120. The largest absolute Gasteiger partial charge is 0.393 e. The number of fused-ring (bicyclic) bond motifs is 1. The van der Waals surface area contributed by atoms with Crippen LogP contribution in [-0.4, -0.2) is 46.3 Å². The van der Waals surface area contributed by atoms with Crippen molar-refractivity contribution in [2.24, 2.45) is 4.99 Å². The zero-order valence-electron chi connectivity index (χ0n) is 14.3. The predicted octanol–water partition coefficient (Wildman–Crippen LogP) is 1.96. The minimum atomic E-state index is -0.129. The minimum absolute atomic E-state index is 0.129. The van der Waals surface area contributed by atoms with Crippen LogP contribution in [-0.2, 0) is 6.42 Å². The normalized spacial score (nSPS) is 21.8. The average molecular weight is 329 g/mol. The molecule has 0 bridgehead atoms. The summed E-state index contributed by atoms with van der Waals surface area (Å²) < 4.78 is 0. The highest BCUT2D eigenvalue weighted by Crippen LogP contribution is 2.18. The number of aromatic amines is 1. The quantitative estimate of drug-likeness (QED) is 0.499. The van der Waals surface area contributed by atoms with E-state index >= 15 is 0 Å². The van der Waals surface area contributed by atoms with Crippen LogP contribution in [0.3, 0.4) is 0 Å². The Morgan fingerprint density at radius 1 is 1.29 bits per heavy atom. The highest BCUT2D eigenvalue weighted by atomic mass is 16.3. The van der Waals surface area contributed by atoms with E-state index in [2.05, 4.69) is 32.5 Å². The molecule has 2 aromatic rings. The van der Waals surface area contributed by atoms with Crippen LogP contribution in [0.25, 0.3) is 11.0 Å². The molecule has 1 aliphatic rings. The highest BCUT2D eigenvalue weighted by Gasteiger charge is 2.19. The average Bonchev–Trinajstić information content (AvgIpc) is 3.00. The monoisotopic (exact) mass is 329 g/mol. The van der Waals surface area contributed by atoms with Crippen molar-refractivity contribution in [3.8, 4) is 0 Å². The van der Waals surface area contributed by atoms with E-state index in [1.165, 1.54) is 0 Å². The topological polar surface area (TPSA) is 85.3 Å². The fraction of sp³-hybridized carbons (Fsp3) is 0.556. The van der Waals surface area contributed by atoms with Gasteiger partial charge in [-0.15, -0.1) is 0 Å². The lowest BCUT2D eigenvalue weighted by atomic mass is 9.93. The van der Waals surface area contributed by atoms with Gasteiger partial charge in [0.15, 0.2) is 5.96 Å². The Hall–Kier alpha value is -2.08. The van der Waals surface area contributed by atoms with Crippen molar-refractivity contribution in [1.82, 2.24) is 20.6 Å². The van der Waals surface area contributed by atoms with Crippen LogP contribution in [0, 0.1) is 0 Å². The van der Waals surface area contributed by atoms with E-state index in [1.807, 2.05) is 24.3 Å². The second kappa shape index (κ2) is 8.15. The molecule has 4 N–H and O–H groups in total. The van der Waals surface area contributed by atoms with Crippen molar-refractivity contribution in [3.05, 3.63) is 30.1 Å². The first-order valence-corrected chi connectivity index (χ1v) is 8.91. The number of rotatable bonds is 5. The molecule has 0 aliphatic heterocycles. The van der Waals surface area contributed by atoms with Crippen LogP contribution in [0.5, 0.6) is 0 Å². The van der Waals surface area contributed by atoms with Gasteiger partial charge in [0.05, 0.1) is 17.1 Å². The van der Waals surface area contributed by atoms with E-state index in [-0.39, 0.29) is 6.10 Å². The molecule has 0 spiro atoms. The van der Waals surface area contributed by atoms with Crippen molar-refractivity contribution < 1.29 is 5.11 Å². The first-order chi connectivity index (χ1) is 11.7. The molecule has 0 unspecified atom stereocenters. The maximum absolute atomic E-state index is 9.61. The van der Waals surface area contributed by atoms with Crippen LogP contribution in [0.15, 0.2) is 29.3 Å². The standard InChI is InChI=1S/C18H27N5O/c1-2-19-18(21-13-7-9-14(24)10-8-13)20-12-11-17-22-15-5-3-4-6-16(15)23-17/h3-6,13-14,24H,2,7-12H2,1H3,(H,22,23)(H2,19,20,21). The molecule has 6 nitrogen and oxygen atoms in total. The fourth-order valence-corrected chi connectivity index (χ4v) is 3.13. The van der Waals surface area contributed by atoms with Crippen LogP contribution >= 0.6 is 0 Å². The molecule has 1 fully saturated rings. The van der Waals surface area contributed by atoms with E-state index in [1.54, 1.807) is 0 Å². The number of imidazole rings is 1. The summed E-state index contributed by atoms with van der Waals surface area (Å²) in [5.41, 5.74) is 2.07. The maximum atomic E-state index is 9.61. The number of H-pyrrole nitrogens is 1. The molecular formula is C18H27N5O. The number of hydrogen-bond donors (Lipinski definition) is 4. The molecule has 1 aliphatic carbocycles. The molecular weight excluding hydrogens is 302 g/mol. The van der Waals surface area contributed by atoms with Crippen molar-refractivity contribution in [2.75, 3.05) is 13.1 Å². The Morgan fingerprint density at radius 3 is 2.83 bits per heavy atom. The molecule has 6 heteroatoms. The van der Waals surface area contributed by atoms with Gasteiger partial charge < -0.3 is 20.7 Å². The Morgan fingerprint density at radius 2 is 2.08 bits per heavy atom. The summed E-state index contributed by atoms with van der Waals surface area (Å²) in [5.74, 6) is 1.83. The van der Waals surface area contributed by atoms with Crippen molar-refractivity contribution in [1.29, 1.82) is 0 Å². The Bertz CT molecular complexity index is 640. The van der Waals surface area contributed by atoms with Crippen LogP contribution in [0.4, 0.5) is 0 Å². The number of nitrogens with zero attached hydrogens (tertiary/aromatic N) is 2. The summed E-state index contributed by atoms with van der Waals surface area (Å²) in [4.78, 5) is 12.6. The summed E-state index contributed by atoms with van der Waals surface area (Å²) in [7, 11) is 0. The summed E-state index contributed by atoms with van der Waals surface area (Å²) in [6, 6.07) is 8.47. The second-order valence-electron chi connectivity index (χ2n) is 6.36. The molecule has 1 saturated carbocycles. The predicted molar refractivity (Wildman–Crippen MR) is 97.2 cm³/mol. The van der Waals surface area contributed by atoms with Crippen LogP contribution < -0.4 is 10.6 Å².